The summed E-state index contributed by atoms with van der Waals surface area (Å²) in [5.41, 5.74) is 11.5. The van der Waals surface area contributed by atoms with E-state index in [0.29, 0.717) is 17.5 Å². The Balaban J connectivity index is 1.14. The minimum absolute atomic E-state index is 0.633. The van der Waals surface area contributed by atoms with Crippen LogP contribution in [0.4, 0.5) is 0 Å². The SMILES string of the molecule is c1ccc(-c2nc(-c3ccccc3)nc(-c3ccc(-c4cccc5c6cc7c(cc6n(-c6ccccc6)c45)c(-c4ccccc4)nc4ccccc47)c4ccccc34)n2)cc1. The van der Waals surface area contributed by atoms with Gasteiger partial charge >= 0.3 is 0 Å². The van der Waals surface area contributed by atoms with Crippen LogP contribution in [0.5, 0.6) is 0 Å². The van der Waals surface area contributed by atoms with Gasteiger partial charge in [0, 0.05) is 55.0 Å². The first kappa shape index (κ1) is 34.7. The van der Waals surface area contributed by atoms with Crippen LogP contribution >= 0.6 is 0 Å². The first-order valence-electron chi connectivity index (χ1n) is 20.6. The van der Waals surface area contributed by atoms with Crippen LogP contribution in [-0.4, -0.2) is 24.5 Å². The molecule has 0 N–H and O–H groups in total. The molecular formula is C56H35N5. The zero-order valence-electron chi connectivity index (χ0n) is 32.9. The van der Waals surface area contributed by atoms with E-state index in [2.05, 4.69) is 156 Å². The van der Waals surface area contributed by atoms with E-state index in [4.69, 9.17) is 19.9 Å². The highest BCUT2D eigenvalue weighted by Crippen LogP contribution is 2.44. The summed E-state index contributed by atoms with van der Waals surface area (Å²) in [6.07, 6.45) is 0. The molecule has 3 heterocycles. The van der Waals surface area contributed by atoms with Gasteiger partial charge in [0.1, 0.15) is 0 Å². The van der Waals surface area contributed by atoms with Crippen molar-refractivity contribution in [3.05, 3.63) is 212 Å². The highest BCUT2D eigenvalue weighted by Gasteiger charge is 2.22. The summed E-state index contributed by atoms with van der Waals surface area (Å²) in [6, 6.07) is 74.6. The summed E-state index contributed by atoms with van der Waals surface area (Å²) in [5.74, 6) is 1.91. The third-order valence-corrected chi connectivity index (χ3v) is 11.8. The van der Waals surface area contributed by atoms with Gasteiger partial charge < -0.3 is 4.57 Å². The van der Waals surface area contributed by atoms with Crippen LogP contribution in [-0.2, 0) is 0 Å². The normalized spacial score (nSPS) is 11.6. The van der Waals surface area contributed by atoms with E-state index in [1.165, 1.54) is 16.2 Å². The van der Waals surface area contributed by atoms with E-state index in [1.54, 1.807) is 0 Å². The first-order chi connectivity index (χ1) is 30.3. The molecule has 0 aliphatic carbocycles. The molecule has 5 heteroatoms. The zero-order chi connectivity index (χ0) is 40.3. The topological polar surface area (TPSA) is 56.5 Å². The maximum Gasteiger partial charge on any atom is 0.164 e. The number of hydrogen-bond donors (Lipinski definition) is 0. The monoisotopic (exact) mass is 777 g/mol. The molecule has 3 aromatic heterocycles. The van der Waals surface area contributed by atoms with Crippen molar-refractivity contribution in [3.63, 3.8) is 0 Å². The molecule has 5 nitrogen and oxygen atoms in total. The number of para-hydroxylation sites is 3. The Kier molecular flexibility index (Phi) is 8.10. The Morgan fingerprint density at radius 1 is 0.295 bits per heavy atom. The maximum absolute atomic E-state index is 5.29. The van der Waals surface area contributed by atoms with Gasteiger partial charge in [0.05, 0.1) is 22.2 Å². The highest BCUT2D eigenvalue weighted by atomic mass is 15.0. The lowest BCUT2D eigenvalue weighted by Crippen LogP contribution is -2.01. The van der Waals surface area contributed by atoms with Gasteiger partial charge in [-0.2, -0.15) is 0 Å². The summed E-state index contributed by atoms with van der Waals surface area (Å²) in [6.45, 7) is 0. The van der Waals surface area contributed by atoms with Gasteiger partial charge in [-0.15, -0.1) is 0 Å². The summed E-state index contributed by atoms with van der Waals surface area (Å²) in [4.78, 5) is 20.5. The molecule has 0 atom stereocenters. The Morgan fingerprint density at radius 3 is 1.49 bits per heavy atom. The Bertz CT molecular complexity index is 3560. The molecular weight excluding hydrogens is 743 g/mol. The molecule has 0 aliphatic heterocycles. The molecule has 0 radical (unpaired) electrons. The van der Waals surface area contributed by atoms with E-state index in [1.807, 2.05) is 60.7 Å². The molecule has 61 heavy (non-hydrogen) atoms. The lowest BCUT2D eigenvalue weighted by molar-refractivity contribution is 1.08. The standard InChI is InChI=1S/C56H35N5/c1-5-18-36(19-6-1)52-49-35-51-48(34-47(49)43-28-15-16-31-50(43)57-52)45-30-17-29-44(53(45)61(51)39-24-11-4-12-25-39)42-32-33-46(41-27-14-13-26-40(41)42)56-59-54(37-20-7-2-8-21-37)58-55(60-56)38-22-9-3-10-23-38/h1-35H. The van der Waals surface area contributed by atoms with Gasteiger partial charge in [0.15, 0.2) is 17.5 Å². The minimum Gasteiger partial charge on any atom is -0.309 e. The second-order valence-corrected chi connectivity index (χ2v) is 15.4. The van der Waals surface area contributed by atoms with Gasteiger partial charge in [-0.05, 0) is 58.1 Å². The minimum atomic E-state index is 0.633. The number of hydrogen-bond acceptors (Lipinski definition) is 4. The smallest absolute Gasteiger partial charge is 0.164 e. The van der Waals surface area contributed by atoms with Gasteiger partial charge in [0.2, 0.25) is 0 Å². The van der Waals surface area contributed by atoms with Crippen molar-refractivity contribution in [1.29, 1.82) is 0 Å². The first-order valence-corrected chi connectivity index (χ1v) is 20.6. The fraction of sp³-hybridized carbons (Fsp3) is 0. The molecule has 0 saturated carbocycles. The number of pyridine rings is 1. The summed E-state index contributed by atoms with van der Waals surface area (Å²) >= 11 is 0. The van der Waals surface area contributed by atoms with Crippen LogP contribution in [0.3, 0.4) is 0 Å². The molecule has 12 rings (SSSR count). The van der Waals surface area contributed by atoms with Gasteiger partial charge in [-0.25, -0.2) is 19.9 Å². The molecule has 0 spiro atoms. The molecule has 0 unspecified atom stereocenters. The van der Waals surface area contributed by atoms with Crippen molar-refractivity contribution < 1.29 is 0 Å². The van der Waals surface area contributed by atoms with Gasteiger partial charge in [-0.3, -0.25) is 0 Å². The fourth-order valence-corrected chi connectivity index (χ4v) is 9.05. The van der Waals surface area contributed by atoms with E-state index >= 15 is 0 Å². The lowest BCUT2D eigenvalue weighted by Gasteiger charge is -2.16. The second kappa shape index (κ2) is 14.2. The van der Waals surface area contributed by atoms with Crippen LogP contribution in [0.2, 0.25) is 0 Å². The summed E-state index contributed by atoms with van der Waals surface area (Å²) < 4.78 is 2.44. The van der Waals surface area contributed by atoms with Crippen LogP contribution in [0.1, 0.15) is 0 Å². The van der Waals surface area contributed by atoms with Gasteiger partial charge in [-0.1, -0.05) is 176 Å². The Labute approximate surface area is 351 Å². The third kappa shape index (κ3) is 5.78. The quantitative estimate of drug-likeness (QED) is 0.158. The van der Waals surface area contributed by atoms with Crippen molar-refractivity contribution in [2.75, 3.05) is 0 Å². The average molecular weight is 778 g/mol. The maximum atomic E-state index is 5.29. The van der Waals surface area contributed by atoms with Crippen molar-refractivity contribution in [3.8, 4) is 62.2 Å². The Morgan fingerprint density at radius 2 is 0.820 bits per heavy atom. The van der Waals surface area contributed by atoms with Crippen molar-refractivity contribution in [2.24, 2.45) is 0 Å². The van der Waals surface area contributed by atoms with E-state index in [9.17, 15) is 0 Å². The Hall–Kier alpha value is -8.28. The predicted molar refractivity (Wildman–Crippen MR) is 252 cm³/mol. The predicted octanol–water partition coefficient (Wildman–Crippen LogP) is 14.2. The van der Waals surface area contributed by atoms with Crippen LogP contribution in [0, 0.1) is 0 Å². The molecule has 0 aliphatic rings. The van der Waals surface area contributed by atoms with Crippen molar-refractivity contribution in [1.82, 2.24) is 24.5 Å². The average Bonchev–Trinajstić information content (AvgIpc) is 3.67. The molecule has 0 saturated heterocycles. The molecule has 9 aromatic carbocycles. The number of rotatable bonds is 6. The summed E-state index contributed by atoms with van der Waals surface area (Å²) in [7, 11) is 0. The van der Waals surface area contributed by atoms with Crippen LogP contribution in [0.25, 0.3) is 116 Å². The van der Waals surface area contributed by atoms with Crippen molar-refractivity contribution in [2.45, 2.75) is 0 Å². The molecule has 0 fully saturated rings. The number of aromatic nitrogens is 5. The lowest BCUT2D eigenvalue weighted by atomic mass is 9.93. The van der Waals surface area contributed by atoms with Crippen LogP contribution < -0.4 is 0 Å². The number of fused-ring (bicyclic) bond motifs is 7. The van der Waals surface area contributed by atoms with E-state index in [-0.39, 0.29) is 0 Å². The van der Waals surface area contributed by atoms with Crippen LogP contribution in [0.15, 0.2) is 212 Å². The third-order valence-electron chi connectivity index (χ3n) is 11.8. The van der Waals surface area contributed by atoms with Gasteiger partial charge in [0.25, 0.3) is 0 Å². The molecule has 0 bridgehead atoms. The molecule has 12 aromatic rings. The largest absolute Gasteiger partial charge is 0.309 e. The molecule has 284 valence electrons. The second-order valence-electron chi connectivity index (χ2n) is 15.4. The number of benzene rings is 9. The number of nitrogens with zero attached hydrogens (tertiary/aromatic N) is 5. The highest BCUT2D eigenvalue weighted by molar-refractivity contribution is 6.22. The fourth-order valence-electron chi connectivity index (χ4n) is 9.05. The zero-order valence-corrected chi connectivity index (χ0v) is 32.9. The van der Waals surface area contributed by atoms with Crippen molar-refractivity contribution >= 4 is 54.3 Å². The van der Waals surface area contributed by atoms with E-state index < -0.39 is 0 Å². The molecule has 0 amide bonds. The summed E-state index contributed by atoms with van der Waals surface area (Å²) in [5, 5.41) is 8.01. The van der Waals surface area contributed by atoms with E-state index in [0.717, 1.165) is 82.9 Å².